The summed E-state index contributed by atoms with van der Waals surface area (Å²) < 4.78 is 0. The highest BCUT2D eigenvalue weighted by molar-refractivity contribution is 5.72. The zero-order chi connectivity index (χ0) is 12.9. The molecule has 0 aliphatic heterocycles. The third-order valence-corrected chi connectivity index (χ3v) is 3.05. The maximum absolute atomic E-state index is 10.9. The number of carboxylic acids is 1. The monoisotopic (exact) mass is 234 g/mol. The normalized spacial score (nSPS) is 16.6. The lowest BCUT2D eigenvalue weighted by Gasteiger charge is -2.27. The van der Waals surface area contributed by atoms with E-state index in [2.05, 4.69) is 0 Å². The summed E-state index contributed by atoms with van der Waals surface area (Å²) in [6.07, 6.45) is 3.69. The maximum atomic E-state index is 10.9. The van der Waals surface area contributed by atoms with Gasteiger partial charge in [-0.15, -0.1) is 0 Å². The molecule has 0 heterocycles. The molecule has 1 rings (SSSR count). The molecule has 0 aliphatic carbocycles. The van der Waals surface area contributed by atoms with Crippen molar-refractivity contribution in [1.82, 2.24) is 0 Å². The van der Waals surface area contributed by atoms with Gasteiger partial charge in [-0.05, 0) is 18.9 Å². The summed E-state index contributed by atoms with van der Waals surface area (Å²) >= 11 is 0. The Labute approximate surface area is 101 Å². The molecule has 0 aliphatic rings. The average Bonchev–Trinajstić information content (AvgIpc) is 2.36. The molecule has 0 fully saturated rings. The lowest BCUT2D eigenvalue weighted by molar-refractivity contribution is -0.148. The van der Waals surface area contributed by atoms with Crippen molar-refractivity contribution in [1.29, 1.82) is 0 Å². The first-order chi connectivity index (χ1) is 7.99. The summed E-state index contributed by atoms with van der Waals surface area (Å²) in [5, 5.41) is 19.2. The number of aliphatic hydroxyl groups is 1. The summed E-state index contributed by atoms with van der Waals surface area (Å²) in [7, 11) is 0. The molecule has 2 atom stereocenters. The smallest absolute Gasteiger partial charge is 0.309 e. The number of rotatable bonds is 5. The van der Waals surface area contributed by atoms with Crippen LogP contribution in [0.3, 0.4) is 0 Å². The van der Waals surface area contributed by atoms with Gasteiger partial charge < -0.3 is 10.2 Å². The van der Waals surface area contributed by atoms with Gasteiger partial charge in [-0.25, -0.2) is 0 Å². The van der Waals surface area contributed by atoms with Gasteiger partial charge in [0, 0.05) is 0 Å². The van der Waals surface area contributed by atoms with Crippen LogP contribution < -0.4 is 0 Å². The SMILES string of the molecule is CCC(O)(/C=C/c1ccccc1)C(C)C(=O)O. The highest BCUT2D eigenvalue weighted by atomic mass is 16.4. The minimum atomic E-state index is -1.30. The van der Waals surface area contributed by atoms with Gasteiger partial charge in [-0.2, -0.15) is 0 Å². The van der Waals surface area contributed by atoms with Gasteiger partial charge in [0.15, 0.2) is 0 Å². The summed E-state index contributed by atoms with van der Waals surface area (Å²) in [6, 6.07) is 9.50. The van der Waals surface area contributed by atoms with Gasteiger partial charge >= 0.3 is 5.97 Å². The van der Waals surface area contributed by atoms with Crippen LogP contribution in [0.15, 0.2) is 36.4 Å². The molecule has 2 unspecified atom stereocenters. The van der Waals surface area contributed by atoms with Crippen molar-refractivity contribution in [3.8, 4) is 0 Å². The van der Waals surface area contributed by atoms with Crippen LogP contribution in [0.1, 0.15) is 25.8 Å². The van der Waals surface area contributed by atoms with Crippen LogP contribution in [0, 0.1) is 5.92 Å². The van der Waals surface area contributed by atoms with E-state index in [-0.39, 0.29) is 0 Å². The minimum absolute atomic E-state index is 0.365. The van der Waals surface area contributed by atoms with Gasteiger partial charge in [0.05, 0.1) is 11.5 Å². The highest BCUT2D eigenvalue weighted by Gasteiger charge is 2.34. The molecule has 0 spiro atoms. The fraction of sp³-hybridized carbons (Fsp3) is 0.357. The van der Waals surface area contributed by atoms with Crippen molar-refractivity contribution in [2.75, 3.05) is 0 Å². The van der Waals surface area contributed by atoms with Crippen LogP contribution in [0.25, 0.3) is 6.08 Å². The van der Waals surface area contributed by atoms with Crippen LogP contribution in [0.2, 0.25) is 0 Å². The molecular weight excluding hydrogens is 216 g/mol. The van der Waals surface area contributed by atoms with Crippen LogP contribution in [-0.2, 0) is 4.79 Å². The second kappa shape index (κ2) is 5.64. The highest BCUT2D eigenvalue weighted by Crippen LogP contribution is 2.24. The number of carboxylic acid groups (broad SMARTS) is 1. The first-order valence-electron chi connectivity index (χ1n) is 5.69. The molecule has 0 radical (unpaired) electrons. The largest absolute Gasteiger partial charge is 0.481 e. The lowest BCUT2D eigenvalue weighted by atomic mass is 9.85. The molecule has 3 heteroatoms. The predicted octanol–water partition coefficient (Wildman–Crippen LogP) is 2.56. The molecular formula is C14H18O3. The molecule has 0 saturated carbocycles. The Bertz CT molecular complexity index is 397. The Morgan fingerprint density at radius 1 is 1.41 bits per heavy atom. The van der Waals surface area contributed by atoms with Crippen LogP contribution in [0.4, 0.5) is 0 Å². The van der Waals surface area contributed by atoms with E-state index in [0.717, 1.165) is 5.56 Å². The zero-order valence-electron chi connectivity index (χ0n) is 10.1. The van der Waals surface area contributed by atoms with E-state index in [0.29, 0.717) is 6.42 Å². The lowest BCUT2D eigenvalue weighted by Crippen LogP contribution is -2.38. The molecule has 17 heavy (non-hydrogen) atoms. The van der Waals surface area contributed by atoms with E-state index in [1.807, 2.05) is 30.3 Å². The van der Waals surface area contributed by atoms with Gasteiger partial charge in [-0.3, -0.25) is 4.79 Å². The molecule has 2 N–H and O–H groups in total. The molecule has 0 aromatic heterocycles. The van der Waals surface area contributed by atoms with Gasteiger partial charge in [0.25, 0.3) is 0 Å². The Hall–Kier alpha value is -1.61. The number of aliphatic carboxylic acids is 1. The molecule has 3 nitrogen and oxygen atoms in total. The van der Waals surface area contributed by atoms with Crippen molar-refractivity contribution in [3.05, 3.63) is 42.0 Å². The van der Waals surface area contributed by atoms with E-state index in [9.17, 15) is 9.90 Å². The summed E-state index contributed by atoms with van der Waals surface area (Å²) in [5.74, 6) is -1.82. The summed E-state index contributed by atoms with van der Waals surface area (Å²) in [4.78, 5) is 10.9. The van der Waals surface area contributed by atoms with E-state index >= 15 is 0 Å². The van der Waals surface area contributed by atoms with Crippen molar-refractivity contribution in [2.45, 2.75) is 25.9 Å². The predicted molar refractivity (Wildman–Crippen MR) is 67.5 cm³/mol. The Morgan fingerprint density at radius 2 is 2.00 bits per heavy atom. The molecule has 0 bridgehead atoms. The second-order valence-electron chi connectivity index (χ2n) is 4.15. The number of benzene rings is 1. The summed E-state index contributed by atoms with van der Waals surface area (Å²) in [6.45, 7) is 3.29. The molecule has 0 amide bonds. The third-order valence-electron chi connectivity index (χ3n) is 3.05. The second-order valence-corrected chi connectivity index (χ2v) is 4.15. The quantitative estimate of drug-likeness (QED) is 0.823. The van der Waals surface area contributed by atoms with Gasteiger partial charge in [0.2, 0.25) is 0 Å². The fourth-order valence-corrected chi connectivity index (χ4v) is 1.59. The van der Waals surface area contributed by atoms with Gasteiger partial charge in [0.1, 0.15) is 0 Å². The van der Waals surface area contributed by atoms with E-state index < -0.39 is 17.5 Å². The molecule has 92 valence electrons. The van der Waals surface area contributed by atoms with E-state index in [4.69, 9.17) is 5.11 Å². The topological polar surface area (TPSA) is 57.5 Å². The maximum Gasteiger partial charge on any atom is 0.309 e. The first-order valence-corrected chi connectivity index (χ1v) is 5.69. The number of hydrogen-bond donors (Lipinski definition) is 2. The number of carbonyl (C=O) groups is 1. The van der Waals surface area contributed by atoms with Crippen molar-refractivity contribution in [2.24, 2.45) is 5.92 Å². The van der Waals surface area contributed by atoms with Crippen molar-refractivity contribution in [3.63, 3.8) is 0 Å². The molecule has 1 aromatic rings. The van der Waals surface area contributed by atoms with E-state index in [1.54, 1.807) is 19.1 Å². The van der Waals surface area contributed by atoms with E-state index in [1.165, 1.54) is 6.92 Å². The van der Waals surface area contributed by atoms with Crippen molar-refractivity contribution < 1.29 is 15.0 Å². The zero-order valence-corrected chi connectivity index (χ0v) is 10.1. The van der Waals surface area contributed by atoms with Crippen LogP contribution in [-0.4, -0.2) is 21.8 Å². The Morgan fingerprint density at radius 3 is 2.47 bits per heavy atom. The summed E-state index contributed by atoms with van der Waals surface area (Å²) in [5.41, 5.74) is -0.362. The van der Waals surface area contributed by atoms with Crippen molar-refractivity contribution >= 4 is 12.0 Å². The Balaban J connectivity index is 2.89. The first kappa shape index (κ1) is 13.5. The van der Waals surface area contributed by atoms with Gasteiger partial charge in [-0.1, -0.05) is 49.4 Å². The molecule has 1 aromatic carbocycles. The number of hydrogen-bond acceptors (Lipinski definition) is 2. The molecule has 0 saturated heterocycles. The average molecular weight is 234 g/mol. The van der Waals surface area contributed by atoms with Crippen LogP contribution >= 0.6 is 0 Å². The third kappa shape index (κ3) is 3.43. The minimum Gasteiger partial charge on any atom is -0.481 e. The Kier molecular flexibility index (Phi) is 4.46. The fourth-order valence-electron chi connectivity index (χ4n) is 1.59. The van der Waals surface area contributed by atoms with Crippen LogP contribution in [0.5, 0.6) is 0 Å². The standard InChI is InChI=1S/C14H18O3/c1-3-14(17,11(2)13(15)16)10-9-12-7-5-4-6-8-12/h4-11,17H,3H2,1-2H3,(H,15,16)/b10-9+.